The van der Waals surface area contributed by atoms with Crippen LogP contribution in [0.2, 0.25) is 0 Å². The second-order valence-corrected chi connectivity index (χ2v) is 6.14. The zero-order valence-corrected chi connectivity index (χ0v) is 13.1. The Labute approximate surface area is 136 Å². The molecule has 0 bridgehead atoms. The maximum Gasteiger partial charge on any atom is 0.125 e. The zero-order valence-electron chi connectivity index (χ0n) is 12.3. The van der Waals surface area contributed by atoms with Gasteiger partial charge in [-0.05, 0) is 30.3 Å². The van der Waals surface area contributed by atoms with Crippen molar-refractivity contribution in [1.29, 1.82) is 0 Å². The van der Waals surface area contributed by atoms with Crippen LogP contribution in [0.4, 0.5) is 15.8 Å². The van der Waals surface area contributed by atoms with Gasteiger partial charge in [-0.1, -0.05) is 6.07 Å². The van der Waals surface area contributed by atoms with Gasteiger partial charge in [0.05, 0.1) is 22.3 Å². The molecule has 3 heterocycles. The first-order valence-electron chi connectivity index (χ1n) is 7.09. The third-order valence-electron chi connectivity index (χ3n) is 3.52. The molecule has 0 aliphatic carbocycles. The Morgan fingerprint density at radius 1 is 1.22 bits per heavy atom. The van der Waals surface area contributed by atoms with E-state index >= 15 is 0 Å². The predicted molar refractivity (Wildman–Crippen MR) is 91.5 cm³/mol. The molecule has 0 atom stereocenters. The molecule has 4 aromatic rings. The summed E-state index contributed by atoms with van der Waals surface area (Å²) >= 11 is 1.61. The van der Waals surface area contributed by atoms with Gasteiger partial charge in [-0.25, -0.2) is 9.37 Å². The minimum absolute atomic E-state index is 0.265. The van der Waals surface area contributed by atoms with Gasteiger partial charge >= 0.3 is 0 Å². The summed E-state index contributed by atoms with van der Waals surface area (Å²) in [6.07, 6.45) is 3.72. The van der Waals surface area contributed by atoms with Crippen LogP contribution in [0.25, 0.3) is 21.5 Å². The summed E-state index contributed by atoms with van der Waals surface area (Å²) in [5.74, 6) is -0.265. The lowest BCUT2D eigenvalue weighted by atomic mass is 10.2. The number of nitrogens with one attached hydrogen (secondary N) is 1. The van der Waals surface area contributed by atoms with E-state index in [1.54, 1.807) is 28.3 Å². The number of aromatic nitrogens is 3. The quantitative estimate of drug-likeness (QED) is 0.600. The molecule has 114 valence electrons. The largest absolute Gasteiger partial charge is 0.353 e. The number of aryl methyl sites for hydroxylation is 1. The molecule has 0 saturated carbocycles. The van der Waals surface area contributed by atoms with Crippen molar-refractivity contribution in [1.82, 2.24) is 14.8 Å². The van der Waals surface area contributed by atoms with Crippen LogP contribution in [-0.4, -0.2) is 14.8 Å². The molecular weight excluding hydrogens is 311 g/mol. The number of hydrogen-bond acceptors (Lipinski definition) is 4. The molecular formula is C17H13FN4S. The zero-order chi connectivity index (χ0) is 15.8. The number of thiophene rings is 1. The van der Waals surface area contributed by atoms with E-state index in [0.29, 0.717) is 5.69 Å². The Balaban J connectivity index is 1.75. The third kappa shape index (κ3) is 2.68. The second kappa shape index (κ2) is 5.48. The summed E-state index contributed by atoms with van der Waals surface area (Å²) in [6, 6.07) is 10.4. The Morgan fingerprint density at radius 2 is 2.13 bits per heavy atom. The minimum Gasteiger partial charge on any atom is -0.353 e. The van der Waals surface area contributed by atoms with Gasteiger partial charge in [-0.3, -0.25) is 4.68 Å². The predicted octanol–water partition coefficient (Wildman–Crippen LogP) is 4.58. The fourth-order valence-corrected chi connectivity index (χ4v) is 3.27. The van der Waals surface area contributed by atoms with Crippen LogP contribution in [0.1, 0.15) is 0 Å². The van der Waals surface area contributed by atoms with E-state index < -0.39 is 0 Å². The van der Waals surface area contributed by atoms with E-state index in [0.717, 1.165) is 27.2 Å². The van der Waals surface area contributed by atoms with Gasteiger partial charge in [0.2, 0.25) is 0 Å². The Bertz CT molecular complexity index is 989. The highest BCUT2D eigenvalue weighted by Gasteiger charge is 2.09. The smallest absolute Gasteiger partial charge is 0.125 e. The van der Waals surface area contributed by atoms with Crippen LogP contribution in [-0.2, 0) is 7.05 Å². The van der Waals surface area contributed by atoms with Crippen LogP contribution in [0.5, 0.6) is 0 Å². The minimum atomic E-state index is -0.265. The van der Waals surface area contributed by atoms with Crippen molar-refractivity contribution in [2.75, 3.05) is 5.32 Å². The molecule has 0 radical (unpaired) electrons. The highest BCUT2D eigenvalue weighted by atomic mass is 32.1. The van der Waals surface area contributed by atoms with Crippen molar-refractivity contribution in [3.05, 3.63) is 60.0 Å². The number of fused-ring (bicyclic) bond motifs is 1. The number of benzene rings is 1. The molecule has 1 N–H and O–H groups in total. The molecule has 0 saturated heterocycles. The van der Waals surface area contributed by atoms with E-state index in [9.17, 15) is 4.39 Å². The first-order chi connectivity index (χ1) is 11.2. The third-order valence-corrected chi connectivity index (χ3v) is 4.46. The SMILES string of the molecule is Cn1cc(-c2ccc3scc(Nc4cccc(F)c4)c3n2)cn1. The van der Waals surface area contributed by atoms with E-state index in [1.807, 2.05) is 36.8 Å². The van der Waals surface area contributed by atoms with E-state index in [-0.39, 0.29) is 5.82 Å². The molecule has 0 aliphatic rings. The van der Waals surface area contributed by atoms with Crippen LogP contribution < -0.4 is 5.32 Å². The summed E-state index contributed by atoms with van der Waals surface area (Å²) in [6.45, 7) is 0. The normalized spacial score (nSPS) is 11.0. The number of nitrogens with zero attached hydrogens (tertiary/aromatic N) is 3. The molecule has 23 heavy (non-hydrogen) atoms. The molecule has 0 fully saturated rings. The summed E-state index contributed by atoms with van der Waals surface area (Å²) in [5.41, 5.74) is 4.30. The van der Waals surface area contributed by atoms with Gasteiger partial charge in [0, 0.05) is 29.9 Å². The maximum absolute atomic E-state index is 13.3. The van der Waals surface area contributed by atoms with Crippen molar-refractivity contribution in [3.63, 3.8) is 0 Å². The van der Waals surface area contributed by atoms with Crippen molar-refractivity contribution < 1.29 is 4.39 Å². The highest BCUT2D eigenvalue weighted by Crippen LogP contribution is 2.33. The number of anilines is 2. The highest BCUT2D eigenvalue weighted by molar-refractivity contribution is 7.17. The van der Waals surface area contributed by atoms with Gasteiger partial charge < -0.3 is 5.32 Å². The molecule has 4 nitrogen and oxygen atoms in total. The fraction of sp³-hybridized carbons (Fsp3) is 0.0588. The lowest BCUT2D eigenvalue weighted by Crippen LogP contribution is -1.91. The summed E-state index contributed by atoms with van der Waals surface area (Å²) in [4.78, 5) is 4.74. The van der Waals surface area contributed by atoms with Crippen LogP contribution in [0.3, 0.4) is 0 Å². The average Bonchev–Trinajstić information content (AvgIpc) is 3.14. The van der Waals surface area contributed by atoms with Gasteiger partial charge in [0.1, 0.15) is 11.3 Å². The standard InChI is InChI=1S/C17H13FN4S/c1-22-9-11(8-19-22)14-5-6-16-17(21-14)15(10-23-16)20-13-4-2-3-12(18)7-13/h2-10,20H,1H3. The maximum atomic E-state index is 13.3. The monoisotopic (exact) mass is 324 g/mol. The fourth-order valence-electron chi connectivity index (χ4n) is 2.44. The van der Waals surface area contributed by atoms with Gasteiger partial charge in [-0.15, -0.1) is 11.3 Å². The Kier molecular flexibility index (Phi) is 3.31. The summed E-state index contributed by atoms with van der Waals surface area (Å²) in [5, 5.41) is 9.42. The molecule has 0 aliphatic heterocycles. The van der Waals surface area contributed by atoms with Gasteiger partial charge in [0.15, 0.2) is 0 Å². The van der Waals surface area contributed by atoms with Gasteiger partial charge in [0.25, 0.3) is 0 Å². The summed E-state index contributed by atoms with van der Waals surface area (Å²) in [7, 11) is 1.88. The average molecular weight is 324 g/mol. The number of rotatable bonds is 3. The number of pyridine rings is 1. The molecule has 3 aromatic heterocycles. The number of halogens is 1. The topological polar surface area (TPSA) is 42.7 Å². The molecule has 0 spiro atoms. The van der Waals surface area contributed by atoms with Crippen molar-refractivity contribution in [3.8, 4) is 11.3 Å². The first-order valence-corrected chi connectivity index (χ1v) is 7.97. The molecule has 0 amide bonds. The molecule has 0 unspecified atom stereocenters. The summed E-state index contributed by atoms with van der Waals surface area (Å²) < 4.78 is 16.2. The lowest BCUT2D eigenvalue weighted by Gasteiger charge is -2.05. The van der Waals surface area contributed by atoms with E-state index in [1.165, 1.54) is 12.1 Å². The Hall–Kier alpha value is -2.73. The molecule has 4 rings (SSSR count). The van der Waals surface area contributed by atoms with Crippen LogP contribution >= 0.6 is 11.3 Å². The number of hydrogen-bond donors (Lipinski definition) is 1. The molecule has 1 aromatic carbocycles. The Morgan fingerprint density at radius 3 is 2.91 bits per heavy atom. The molecule has 6 heteroatoms. The van der Waals surface area contributed by atoms with Crippen LogP contribution in [0.15, 0.2) is 54.2 Å². The lowest BCUT2D eigenvalue weighted by molar-refractivity contribution is 0.628. The second-order valence-electron chi connectivity index (χ2n) is 5.23. The van der Waals surface area contributed by atoms with E-state index in [2.05, 4.69) is 10.4 Å². The first kappa shape index (κ1) is 13.9. The van der Waals surface area contributed by atoms with Crippen LogP contribution in [0, 0.1) is 5.82 Å². The van der Waals surface area contributed by atoms with Crippen molar-refractivity contribution >= 4 is 32.9 Å². The van der Waals surface area contributed by atoms with Gasteiger partial charge in [-0.2, -0.15) is 5.10 Å². The van der Waals surface area contributed by atoms with Crippen molar-refractivity contribution in [2.24, 2.45) is 7.05 Å². The van der Waals surface area contributed by atoms with Crippen molar-refractivity contribution in [2.45, 2.75) is 0 Å². The van der Waals surface area contributed by atoms with E-state index in [4.69, 9.17) is 4.98 Å².